The number of nitrogens with zero attached hydrogens (tertiary/aromatic N) is 10. The van der Waals surface area contributed by atoms with Crippen molar-refractivity contribution >= 4 is 85.1 Å². The van der Waals surface area contributed by atoms with E-state index in [4.69, 9.17) is 47.4 Å². The van der Waals surface area contributed by atoms with Gasteiger partial charge < -0.3 is 49.4 Å². The van der Waals surface area contributed by atoms with Gasteiger partial charge in [0.15, 0.2) is 11.1 Å². The van der Waals surface area contributed by atoms with Crippen LogP contribution in [0.15, 0.2) is 90.1 Å². The fourth-order valence-corrected chi connectivity index (χ4v) is 12.6. The summed E-state index contributed by atoms with van der Waals surface area (Å²) in [6.45, 7) is 5.87. The average molecular weight is 1320 g/mol. The Balaban J connectivity index is 0.000000248. The highest BCUT2D eigenvalue weighted by molar-refractivity contribution is 14.1. The molecule has 2 aromatic carbocycles. The van der Waals surface area contributed by atoms with E-state index in [0.29, 0.717) is 64.7 Å². The molecule has 4 aliphatic rings. The van der Waals surface area contributed by atoms with Crippen LogP contribution in [0.5, 0.6) is 11.6 Å². The highest BCUT2D eigenvalue weighted by Gasteiger charge is 2.44. The maximum absolute atomic E-state index is 14.4. The van der Waals surface area contributed by atoms with Crippen LogP contribution < -0.4 is 33.6 Å². The number of anilines is 1. The molecule has 4 aromatic heterocycles. The Morgan fingerprint density at radius 3 is 2.27 bits per heavy atom. The standard InChI is InChI=1S/C37H44ClN5O7S.C7H9ClN2O3.C7H10N2O3.C3H3IN2O/c1-41-21-29(36(49-3)43(41)46)35(45)40-51(47)17-6-4-5-9-32(48-2)28-13-10-26(28)20-42-22-37(16-7-8-24-18-27(38)12-14-30(24)37)23-50-33-15-11-25(19-31(33)42)34(44)39-51;1-3-13-7(11)5-4-9(2)10(12)6(5)8;1-3-12-7(10)6-4-8(2)9(11)5-6;4-3-1-5-6(7)2-3/h5,9,11-12,14-15,18-19,21,26,28,32H,4,6-8,10,13,16-17,20,22-23H2,1-3H3,(H,39,40,44,45,47);4H,3H2,1-2H3;4-5H,3H2,1-2H3;1-2,7H/b9-5+;;;/t26-,28+,32-,37-,51?;;;/m0.../s1. The van der Waals surface area contributed by atoms with Gasteiger partial charge in [-0.05, 0) is 151 Å². The van der Waals surface area contributed by atoms with Gasteiger partial charge in [0.1, 0.15) is 21.2 Å². The highest BCUT2D eigenvalue weighted by Crippen LogP contribution is 2.47. The summed E-state index contributed by atoms with van der Waals surface area (Å²) in [7, 11) is 3.85. The van der Waals surface area contributed by atoms with Gasteiger partial charge in [0.05, 0.1) is 100 Å². The Hall–Kier alpha value is -7.08. The van der Waals surface area contributed by atoms with Gasteiger partial charge in [-0.3, -0.25) is 14.3 Å². The number of hydrogen-bond acceptors (Lipinski definition) is 16. The number of rotatable bonds is 8. The number of carbonyl (C=O) groups is 4. The third-order valence-corrected chi connectivity index (χ3v) is 17.3. The van der Waals surface area contributed by atoms with Crippen LogP contribution >= 0.6 is 45.8 Å². The minimum atomic E-state index is -3.64. The first-order valence-corrected chi connectivity index (χ1v) is 29.9. The number of esters is 2. The number of allylic oxidation sites excluding steroid dienone is 1. The normalized spacial score (nSPS) is 21.2. The van der Waals surface area contributed by atoms with Crippen molar-refractivity contribution in [2.45, 2.75) is 70.3 Å². The predicted molar refractivity (Wildman–Crippen MR) is 312 cm³/mol. The van der Waals surface area contributed by atoms with Gasteiger partial charge in [-0.1, -0.05) is 39.5 Å². The Morgan fingerprint density at radius 2 is 1.66 bits per heavy atom. The molecule has 0 radical (unpaired) electrons. The van der Waals surface area contributed by atoms with Crippen LogP contribution in [0.1, 0.15) is 105 Å². The first-order valence-electron chi connectivity index (χ1n) is 26.4. The summed E-state index contributed by atoms with van der Waals surface area (Å²) in [6, 6.07) is 11.4. The van der Waals surface area contributed by atoms with Crippen molar-refractivity contribution in [1.82, 2.24) is 28.7 Å². The lowest BCUT2D eigenvalue weighted by molar-refractivity contribution is -0.696. The number of methoxy groups -OCH3 is 2. The molecule has 2 aliphatic carbocycles. The molecule has 2 bridgehead atoms. The number of halogens is 3. The van der Waals surface area contributed by atoms with Crippen LogP contribution in [0, 0.1) is 31.0 Å². The van der Waals surface area contributed by atoms with Gasteiger partial charge in [0, 0.05) is 36.2 Å². The van der Waals surface area contributed by atoms with Gasteiger partial charge >= 0.3 is 23.0 Å². The number of fused-ring (bicyclic) bond motifs is 4. The van der Waals surface area contributed by atoms with Crippen LogP contribution in [0.25, 0.3) is 0 Å². The zero-order chi connectivity index (χ0) is 60.3. The Kier molecular flexibility index (Phi) is 21.4. The lowest BCUT2D eigenvalue weighted by atomic mass is 9.68. The molecule has 6 aromatic rings. The van der Waals surface area contributed by atoms with Crippen LogP contribution in [0.2, 0.25) is 10.2 Å². The fraction of sp³-hybridized carbons (Fsp3) is 0.444. The number of ether oxygens (including phenoxy) is 5. The van der Waals surface area contributed by atoms with E-state index in [-0.39, 0.29) is 57.2 Å². The molecule has 83 heavy (non-hydrogen) atoms. The number of amides is 2. The van der Waals surface area contributed by atoms with Crippen molar-refractivity contribution in [2.75, 3.05) is 57.8 Å². The molecular formula is C54H66Cl2IN11O14S. The predicted octanol–water partition coefficient (Wildman–Crippen LogP) is 6.19. The van der Waals surface area contributed by atoms with Gasteiger partial charge in [-0.15, -0.1) is 19.0 Å². The maximum Gasteiger partial charge on any atom is 0.418 e. The van der Waals surface area contributed by atoms with Crippen molar-refractivity contribution < 1.29 is 66.8 Å². The summed E-state index contributed by atoms with van der Waals surface area (Å²) in [6.07, 6.45) is 18.2. The lowest BCUT2D eigenvalue weighted by Gasteiger charge is -2.46. The van der Waals surface area contributed by atoms with E-state index in [9.17, 15) is 39.0 Å². The minimum absolute atomic E-state index is 0.0843. The van der Waals surface area contributed by atoms with Crippen molar-refractivity contribution in [1.29, 1.82) is 0 Å². The first kappa shape index (κ1) is 63.5. The van der Waals surface area contributed by atoms with E-state index in [1.807, 2.05) is 12.1 Å². The van der Waals surface area contributed by atoms with Crippen molar-refractivity contribution in [3.8, 4) is 11.6 Å². The van der Waals surface area contributed by atoms with E-state index in [1.54, 1.807) is 52.4 Å². The minimum Gasteiger partial charge on any atom is -0.596 e. The number of carbonyl (C=O) groups excluding carboxylic acids is 4. The van der Waals surface area contributed by atoms with Crippen LogP contribution in [-0.4, -0.2) is 116 Å². The Labute approximate surface area is 503 Å². The summed E-state index contributed by atoms with van der Waals surface area (Å²) in [4.78, 5) is 54.0. The van der Waals surface area contributed by atoms with Crippen molar-refractivity contribution in [2.24, 2.45) is 37.3 Å². The van der Waals surface area contributed by atoms with E-state index in [0.717, 1.165) is 67.1 Å². The molecule has 448 valence electrons. The molecule has 1 fully saturated rings. The topological polar surface area (TPSA) is 293 Å². The first-order chi connectivity index (χ1) is 39.5. The number of aromatic nitrogens is 8. The summed E-state index contributed by atoms with van der Waals surface area (Å²) in [5, 5.41) is 46.7. The van der Waals surface area contributed by atoms with Gasteiger partial charge in [-0.2, -0.15) is 9.36 Å². The summed E-state index contributed by atoms with van der Waals surface area (Å²) < 4.78 is 52.6. The monoisotopic (exact) mass is 1320 g/mol. The molecular weight excluding hydrogens is 1260 g/mol. The average Bonchev–Trinajstić information content (AvgIpc) is 4.06. The van der Waals surface area contributed by atoms with E-state index >= 15 is 0 Å². The summed E-state index contributed by atoms with van der Waals surface area (Å²) in [5.74, 6) is -1.61. The smallest absolute Gasteiger partial charge is 0.418 e. The van der Waals surface area contributed by atoms with Crippen molar-refractivity contribution in [3.63, 3.8) is 0 Å². The number of aryl methyl sites for hydroxylation is 4. The fourth-order valence-electron chi connectivity index (χ4n) is 10.2. The zero-order valence-electron chi connectivity index (χ0n) is 46.8. The maximum atomic E-state index is 14.4. The molecule has 10 rings (SSSR count). The third kappa shape index (κ3) is 15.2. The van der Waals surface area contributed by atoms with Gasteiger partial charge in [0.25, 0.3) is 11.8 Å². The number of nitrogens with one attached hydrogen (secondary N) is 1. The highest BCUT2D eigenvalue weighted by atomic mass is 127. The molecule has 2 amide bonds. The number of hydrogen-bond donors (Lipinski definition) is 2. The molecule has 2 aliphatic heterocycles. The Morgan fingerprint density at radius 1 is 0.940 bits per heavy atom. The molecule has 2 N–H and O–H groups in total. The molecule has 6 heterocycles. The second-order valence-corrected chi connectivity index (χ2v) is 24.0. The molecule has 29 heteroatoms. The molecule has 1 unspecified atom stereocenters. The second-order valence-electron chi connectivity index (χ2n) is 19.9. The number of benzene rings is 2. The molecule has 1 saturated carbocycles. The molecule has 25 nitrogen and oxygen atoms in total. The van der Waals surface area contributed by atoms with Crippen molar-refractivity contribution in [3.05, 3.63) is 148 Å². The van der Waals surface area contributed by atoms with E-state index in [2.05, 4.69) is 64.6 Å². The Bertz CT molecular complexity index is 3450. The third-order valence-electron chi connectivity index (χ3n) is 14.4. The SMILES string of the molecule is CCOC(=O)c1cn(C)[n+]([O-])c1.CCOC(=O)c1cn(C)[n+]([O-])c1Cl.COc1c(C(=O)NS2(=O)=NC(=O)c3ccc4c(c3)N(C[C@@H]3CC[C@H]3[C@@H](OC)/C=C/CCC2)C[C@@]2(CCCc3cc(Cl)ccc32)CO4)cn(C)[n+]1[O-].On1cc(I)cn1. The van der Waals surface area contributed by atoms with Crippen LogP contribution in [0.3, 0.4) is 0 Å². The quantitative estimate of drug-likeness (QED) is 0.0429. The second kappa shape index (κ2) is 28.0. The van der Waals surface area contributed by atoms with E-state index in [1.165, 1.54) is 68.0 Å². The van der Waals surface area contributed by atoms with E-state index < -0.39 is 33.7 Å². The van der Waals surface area contributed by atoms with Gasteiger partial charge in [-0.25, -0.2) is 13.8 Å². The zero-order valence-corrected chi connectivity index (χ0v) is 51.3. The summed E-state index contributed by atoms with van der Waals surface area (Å²) >= 11 is 14.1. The van der Waals surface area contributed by atoms with Crippen LogP contribution in [-0.2, 0) is 57.1 Å². The lowest BCUT2D eigenvalue weighted by Crippen LogP contribution is -2.49. The largest absolute Gasteiger partial charge is 0.596 e. The molecule has 5 atom stereocenters. The van der Waals surface area contributed by atoms with Crippen LogP contribution in [0.4, 0.5) is 5.69 Å². The molecule has 1 spiro atoms. The molecule has 0 saturated heterocycles. The van der Waals surface area contributed by atoms with Gasteiger partial charge in [0.2, 0.25) is 6.20 Å². The summed E-state index contributed by atoms with van der Waals surface area (Å²) in [5.41, 5.74) is 3.46.